The number of sulfone groups is 1. The average Bonchev–Trinajstić information content (AvgIpc) is 3.24. The van der Waals surface area contributed by atoms with Crippen molar-refractivity contribution in [2.24, 2.45) is 11.8 Å². The Balaban J connectivity index is 2.58. The third-order valence-electron chi connectivity index (χ3n) is 6.10. The monoisotopic (exact) mass is 490 g/mol. The van der Waals surface area contributed by atoms with Gasteiger partial charge >= 0.3 is 0 Å². The molecule has 34 heavy (non-hydrogen) atoms. The second-order valence-corrected chi connectivity index (χ2v) is 10.9. The van der Waals surface area contributed by atoms with Crippen molar-refractivity contribution >= 4 is 27.7 Å². The second-order valence-electron chi connectivity index (χ2n) is 8.53. The molecule has 5 N–H and O–H groups in total. The highest BCUT2D eigenvalue weighted by Gasteiger charge is 2.50. The predicted molar refractivity (Wildman–Crippen MR) is 131 cm³/mol. The van der Waals surface area contributed by atoms with Crippen LogP contribution < -0.4 is 16.7 Å². The van der Waals surface area contributed by atoms with Crippen molar-refractivity contribution in [3.05, 3.63) is 66.0 Å². The van der Waals surface area contributed by atoms with E-state index in [2.05, 4.69) is 0 Å². The van der Waals surface area contributed by atoms with Gasteiger partial charge in [0.2, 0.25) is 5.91 Å². The first-order valence-electron chi connectivity index (χ1n) is 11.1. The highest BCUT2D eigenvalue weighted by Crippen LogP contribution is 2.38. The number of nitrogens with one attached hydrogen (secondary N) is 2. The minimum Gasteiger partial charge on any atom is -0.350 e. The van der Waals surface area contributed by atoms with E-state index in [1.54, 1.807) is 35.4 Å². The molecule has 1 aromatic heterocycles. The van der Waals surface area contributed by atoms with E-state index in [0.29, 0.717) is 6.42 Å². The van der Waals surface area contributed by atoms with Crippen LogP contribution in [-0.2, 0) is 19.4 Å². The third kappa shape index (κ3) is 6.34. The molecule has 0 saturated heterocycles. The fraction of sp³-hybridized carbons (Fsp3) is 0.417. The van der Waals surface area contributed by atoms with Crippen LogP contribution in [0, 0.1) is 12.8 Å². The van der Waals surface area contributed by atoms with E-state index in [4.69, 9.17) is 5.84 Å². The quantitative estimate of drug-likeness (QED) is 0.156. The molecule has 186 valence electrons. The number of allylic oxidation sites excluding steroid dienone is 1. The van der Waals surface area contributed by atoms with Gasteiger partial charge in [-0.1, -0.05) is 55.8 Å². The molecule has 1 aromatic carbocycles. The summed E-state index contributed by atoms with van der Waals surface area (Å²) in [5, 5.41) is 9.49. The number of nitrogens with zero attached hydrogens (tertiary/aromatic N) is 1. The Kier molecular flexibility index (Phi) is 9.60. The Labute approximate surface area is 200 Å². The number of hydrazine groups is 1. The zero-order valence-corrected chi connectivity index (χ0v) is 20.6. The topological polar surface area (TPSA) is 144 Å². The summed E-state index contributed by atoms with van der Waals surface area (Å²) in [5.74, 6) is 3.03. The Bertz CT molecular complexity index is 1100. The van der Waals surface area contributed by atoms with Gasteiger partial charge in [-0.3, -0.25) is 20.2 Å². The molecular weight excluding hydrogens is 456 g/mol. The normalized spacial score (nSPS) is 15.4. The lowest BCUT2D eigenvalue weighted by molar-refractivity contribution is -0.135. The highest BCUT2D eigenvalue weighted by atomic mass is 32.2. The van der Waals surface area contributed by atoms with E-state index in [1.165, 1.54) is 0 Å². The van der Waals surface area contributed by atoms with Crippen molar-refractivity contribution < 1.29 is 23.2 Å². The lowest BCUT2D eigenvalue weighted by Crippen LogP contribution is -2.56. The van der Waals surface area contributed by atoms with Crippen LogP contribution in [0.5, 0.6) is 0 Å². The van der Waals surface area contributed by atoms with E-state index < -0.39 is 38.4 Å². The summed E-state index contributed by atoms with van der Waals surface area (Å²) in [5.41, 5.74) is 5.55. The lowest BCUT2D eigenvalue weighted by Gasteiger charge is -2.36. The molecule has 0 bridgehead atoms. The van der Waals surface area contributed by atoms with Crippen LogP contribution >= 0.6 is 0 Å². The maximum absolute atomic E-state index is 13.0. The van der Waals surface area contributed by atoms with Gasteiger partial charge in [-0.2, -0.15) is 0 Å². The smallest absolute Gasteiger partial charge is 0.255 e. The predicted octanol–water partition coefficient (Wildman–Crippen LogP) is 2.53. The minimum atomic E-state index is -3.94. The number of rotatable bonds is 12. The van der Waals surface area contributed by atoms with Gasteiger partial charge in [0, 0.05) is 24.7 Å². The summed E-state index contributed by atoms with van der Waals surface area (Å²) in [4.78, 5) is 25.7. The maximum Gasteiger partial charge on any atom is 0.255 e. The number of amides is 2. The molecule has 10 heteroatoms. The van der Waals surface area contributed by atoms with Crippen molar-refractivity contribution in [1.29, 1.82) is 0 Å². The molecule has 3 atom stereocenters. The second kappa shape index (κ2) is 12.0. The van der Waals surface area contributed by atoms with Gasteiger partial charge in [-0.05, 0) is 43.4 Å². The number of carbonyl (C=O) groups excluding carboxylic acids is 2. The average molecular weight is 491 g/mol. The number of hydroxylamine groups is 1. The minimum absolute atomic E-state index is 0.0267. The number of aromatic nitrogens is 1. The first kappa shape index (κ1) is 27.3. The van der Waals surface area contributed by atoms with Gasteiger partial charge < -0.3 is 4.57 Å². The van der Waals surface area contributed by atoms with Gasteiger partial charge in [0.25, 0.3) is 5.91 Å². The molecule has 2 aromatic rings. The summed E-state index contributed by atoms with van der Waals surface area (Å²) < 4.78 is 25.9. The number of aryl methyl sites for hydroxylation is 1. The molecule has 0 fully saturated rings. The Hall–Kier alpha value is -2.95. The van der Waals surface area contributed by atoms with Gasteiger partial charge in [0.15, 0.2) is 14.6 Å². The zero-order chi connectivity index (χ0) is 25.4. The SMILES string of the molecule is CCCC(C[C@H]([C@H](C/C=C/c1ccccc1)C(=O)NO)n1ccc(C)c1)(C(=O)NN)S(C)(=O)=O. The number of benzene rings is 1. The summed E-state index contributed by atoms with van der Waals surface area (Å²) in [6.07, 6.45) is 8.59. The number of carbonyl (C=O) groups is 2. The van der Waals surface area contributed by atoms with Crippen LogP contribution in [0.25, 0.3) is 6.08 Å². The molecule has 1 unspecified atom stereocenters. The molecule has 0 aliphatic carbocycles. The van der Waals surface area contributed by atoms with Crippen LogP contribution in [-0.4, -0.2) is 41.0 Å². The Morgan fingerprint density at radius 1 is 1.24 bits per heavy atom. The molecule has 0 aliphatic heterocycles. The molecule has 0 saturated carbocycles. The first-order chi connectivity index (χ1) is 16.1. The summed E-state index contributed by atoms with van der Waals surface area (Å²) in [7, 11) is -3.94. The number of hydrogen-bond acceptors (Lipinski definition) is 6. The Morgan fingerprint density at radius 3 is 2.41 bits per heavy atom. The fourth-order valence-corrected chi connectivity index (χ4v) is 5.75. The molecule has 0 spiro atoms. The molecular formula is C24H34N4O5S. The summed E-state index contributed by atoms with van der Waals surface area (Å²) in [6, 6.07) is 10.5. The first-order valence-corrected chi connectivity index (χ1v) is 13.0. The molecule has 2 rings (SSSR count). The van der Waals surface area contributed by atoms with Crippen LogP contribution in [0.15, 0.2) is 54.9 Å². The van der Waals surface area contributed by atoms with E-state index >= 15 is 0 Å². The van der Waals surface area contributed by atoms with Gasteiger partial charge in [0.1, 0.15) is 0 Å². The molecule has 0 aliphatic rings. The van der Waals surface area contributed by atoms with Gasteiger partial charge in [-0.25, -0.2) is 19.7 Å². The van der Waals surface area contributed by atoms with Crippen LogP contribution in [0.1, 0.15) is 49.8 Å². The molecule has 2 amide bonds. The fourth-order valence-electron chi connectivity index (χ4n) is 4.31. The van der Waals surface area contributed by atoms with Crippen molar-refractivity contribution in [1.82, 2.24) is 15.5 Å². The van der Waals surface area contributed by atoms with Crippen LogP contribution in [0.2, 0.25) is 0 Å². The van der Waals surface area contributed by atoms with E-state index in [0.717, 1.165) is 17.4 Å². The third-order valence-corrected chi connectivity index (χ3v) is 8.08. The molecule has 9 nitrogen and oxygen atoms in total. The Morgan fingerprint density at radius 2 is 1.91 bits per heavy atom. The zero-order valence-electron chi connectivity index (χ0n) is 19.8. The molecule has 0 radical (unpaired) electrons. The van der Waals surface area contributed by atoms with Gasteiger partial charge in [-0.15, -0.1) is 0 Å². The lowest BCUT2D eigenvalue weighted by atomic mass is 9.84. The van der Waals surface area contributed by atoms with E-state index in [9.17, 15) is 23.2 Å². The van der Waals surface area contributed by atoms with Crippen LogP contribution in [0.4, 0.5) is 0 Å². The van der Waals surface area contributed by atoms with E-state index in [-0.39, 0.29) is 19.3 Å². The summed E-state index contributed by atoms with van der Waals surface area (Å²) >= 11 is 0. The highest BCUT2D eigenvalue weighted by molar-refractivity contribution is 7.92. The van der Waals surface area contributed by atoms with Crippen molar-refractivity contribution in [2.75, 3.05) is 6.26 Å². The standard InChI is InChI=1S/C24H34N4O5S/c1-4-14-24(23(30)26-25,34(3,32)33)16-21(28-15-13-18(2)17-28)20(22(29)27-31)12-8-11-19-9-6-5-7-10-19/h5-11,13,15,17,20-21,31H,4,12,14,16,25H2,1-3H3,(H,26,30)(H,27,29)/b11-8+/t20-,21+,24?/m0/s1. The maximum atomic E-state index is 13.0. The van der Waals surface area contributed by atoms with Crippen LogP contribution in [0.3, 0.4) is 0 Å². The van der Waals surface area contributed by atoms with Crippen molar-refractivity contribution in [2.45, 2.75) is 50.3 Å². The van der Waals surface area contributed by atoms with E-state index in [1.807, 2.05) is 54.8 Å². The molecule has 1 heterocycles. The number of hydrogen-bond donors (Lipinski definition) is 4. The largest absolute Gasteiger partial charge is 0.350 e. The summed E-state index contributed by atoms with van der Waals surface area (Å²) in [6.45, 7) is 3.64. The van der Waals surface area contributed by atoms with Gasteiger partial charge in [0.05, 0.1) is 5.92 Å². The number of nitrogens with two attached hydrogens (primary N) is 1. The van der Waals surface area contributed by atoms with Crippen molar-refractivity contribution in [3.8, 4) is 0 Å². The van der Waals surface area contributed by atoms with Crippen molar-refractivity contribution in [3.63, 3.8) is 0 Å².